The summed E-state index contributed by atoms with van der Waals surface area (Å²) >= 11 is 18.1. The molecule has 9 heteroatoms. The van der Waals surface area contributed by atoms with Gasteiger partial charge in [0.05, 0.1) is 19.3 Å². The molecule has 6 nitrogen and oxygen atoms in total. The van der Waals surface area contributed by atoms with Gasteiger partial charge in [-0.15, -0.1) is 0 Å². The Labute approximate surface area is 190 Å². The topological polar surface area (TPSA) is 76.7 Å². The Kier molecular flexibility index (Phi) is 9.08. The van der Waals surface area contributed by atoms with E-state index in [1.54, 1.807) is 48.5 Å². The molecule has 30 heavy (non-hydrogen) atoms. The van der Waals surface area contributed by atoms with Crippen LogP contribution in [0, 0.1) is 0 Å². The molecule has 0 saturated carbocycles. The number of methoxy groups -OCH3 is 1. The summed E-state index contributed by atoms with van der Waals surface area (Å²) in [6.45, 7) is 2.39. The second-order valence-corrected chi connectivity index (χ2v) is 8.76. The first kappa shape index (κ1) is 24.1. The summed E-state index contributed by atoms with van der Waals surface area (Å²) in [5.74, 6) is -0.214. The molecule has 1 atom stereocenters. The number of unbranched alkanes of at least 4 members (excludes halogenated alkanes) is 1. The zero-order chi connectivity index (χ0) is 22.1. The summed E-state index contributed by atoms with van der Waals surface area (Å²) < 4.78 is 8.42. The van der Waals surface area contributed by atoms with Gasteiger partial charge in [0, 0.05) is 11.3 Å². The van der Waals surface area contributed by atoms with Crippen LogP contribution in [-0.2, 0) is 4.74 Å². The molecule has 2 N–H and O–H groups in total. The first-order chi connectivity index (χ1) is 14.2. The number of hydrogen-bond acceptors (Lipinski definition) is 5. The third kappa shape index (κ3) is 7.27. The lowest BCUT2D eigenvalue weighted by atomic mass is 10.2. The molecule has 2 rings (SSSR count). The number of rotatable bonds is 9. The van der Waals surface area contributed by atoms with Crippen molar-refractivity contribution in [2.24, 2.45) is 0 Å². The van der Waals surface area contributed by atoms with Gasteiger partial charge >= 0.3 is 5.97 Å². The van der Waals surface area contributed by atoms with Gasteiger partial charge in [0.2, 0.25) is 3.79 Å². The van der Waals surface area contributed by atoms with Crippen LogP contribution < -0.4 is 15.4 Å². The maximum atomic E-state index is 12.5. The van der Waals surface area contributed by atoms with Crippen LogP contribution in [0.5, 0.6) is 5.75 Å². The maximum Gasteiger partial charge on any atom is 0.338 e. The van der Waals surface area contributed by atoms with Crippen LogP contribution in [0.3, 0.4) is 0 Å². The average molecular weight is 474 g/mol. The van der Waals surface area contributed by atoms with Crippen molar-refractivity contribution in [1.82, 2.24) is 5.32 Å². The summed E-state index contributed by atoms with van der Waals surface area (Å²) in [6, 6.07) is 13.0. The molecule has 0 bridgehead atoms. The molecule has 0 spiro atoms. The highest BCUT2D eigenvalue weighted by Gasteiger charge is 2.34. The molecule has 162 valence electrons. The van der Waals surface area contributed by atoms with Crippen molar-refractivity contribution in [2.45, 2.75) is 29.7 Å². The Balaban J connectivity index is 2.05. The van der Waals surface area contributed by atoms with E-state index in [0.29, 0.717) is 29.2 Å². The molecular weight excluding hydrogens is 451 g/mol. The fourth-order valence-corrected chi connectivity index (χ4v) is 2.75. The number of nitrogens with one attached hydrogen (secondary N) is 2. The summed E-state index contributed by atoms with van der Waals surface area (Å²) in [7, 11) is 1.54. The number of amides is 1. The number of esters is 1. The van der Waals surface area contributed by atoms with Gasteiger partial charge in [0.15, 0.2) is 0 Å². The summed E-state index contributed by atoms with van der Waals surface area (Å²) in [5, 5.41) is 5.61. The number of halogens is 3. The zero-order valence-electron chi connectivity index (χ0n) is 16.6. The van der Waals surface area contributed by atoms with E-state index in [1.807, 2.05) is 6.92 Å². The zero-order valence-corrected chi connectivity index (χ0v) is 18.9. The van der Waals surface area contributed by atoms with E-state index in [0.717, 1.165) is 12.8 Å². The number of anilines is 1. The van der Waals surface area contributed by atoms with E-state index in [4.69, 9.17) is 44.3 Å². The third-order valence-electron chi connectivity index (χ3n) is 4.12. The molecule has 2 aromatic carbocycles. The molecule has 0 heterocycles. The van der Waals surface area contributed by atoms with Crippen LogP contribution >= 0.6 is 34.8 Å². The number of carbonyl (C=O) groups is 2. The highest BCUT2D eigenvalue weighted by Crippen LogP contribution is 2.31. The predicted molar refractivity (Wildman–Crippen MR) is 120 cm³/mol. The second kappa shape index (κ2) is 11.3. The minimum absolute atomic E-state index is 0.377. The van der Waals surface area contributed by atoms with Crippen molar-refractivity contribution < 1.29 is 19.1 Å². The van der Waals surface area contributed by atoms with Crippen LogP contribution in [0.2, 0.25) is 0 Å². The molecule has 0 unspecified atom stereocenters. The smallest absolute Gasteiger partial charge is 0.338 e. The molecule has 0 aliphatic heterocycles. The highest BCUT2D eigenvalue weighted by atomic mass is 35.6. The largest absolute Gasteiger partial charge is 0.497 e. The summed E-state index contributed by atoms with van der Waals surface area (Å²) in [5.41, 5.74) is 1.33. The lowest BCUT2D eigenvalue weighted by Gasteiger charge is -2.27. The van der Waals surface area contributed by atoms with Gasteiger partial charge in [0.25, 0.3) is 5.91 Å². The molecule has 0 fully saturated rings. The van der Waals surface area contributed by atoms with Crippen LogP contribution in [0.4, 0.5) is 5.69 Å². The van der Waals surface area contributed by atoms with E-state index >= 15 is 0 Å². The van der Waals surface area contributed by atoms with Crippen molar-refractivity contribution in [3.63, 3.8) is 0 Å². The normalized spacial score (nSPS) is 12.0. The molecule has 0 radical (unpaired) electrons. The van der Waals surface area contributed by atoms with Gasteiger partial charge in [-0.1, -0.05) is 48.1 Å². The number of ether oxygens (including phenoxy) is 2. The molecule has 0 aromatic heterocycles. The molecule has 1 amide bonds. The molecule has 2 aromatic rings. The number of benzene rings is 2. The van der Waals surface area contributed by atoms with Crippen molar-refractivity contribution in [3.8, 4) is 5.75 Å². The van der Waals surface area contributed by atoms with Gasteiger partial charge in [-0.2, -0.15) is 0 Å². The minimum Gasteiger partial charge on any atom is -0.497 e. The quantitative estimate of drug-likeness (QED) is 0.227. The first-order valence-corrected chi connectivity index (χ1v) is 10.4. The van der Waals surface area contributed by atoms with Crippen molar-refractivity contribution in [1.29, 1.82) is 0 Å². The Morgan fingerprint density at radius 2 is 1.60 bits per heavy atom. The van der Waals surface area contributed by atoms with Crippen LogP contribution in [-0.4, -0.2) is 35.6 Å². The monoisotopic (exact) mass is 472 g/mol. The van der Waals surface area contributed by atoms with Crippen molar-refractivity contribution in [2.75, 3.05) is 19.0 Å². The summed E-state index contributed by atoms with van der Waals surface area (Å²) in [4.78, 5) is 24.5. The Bertz CT molecular complexity index is 837. The van der Waals surface area contributed by atoms with Crippen LogP contribution in [0.25, 0.3) is 0 Å². The molecule has 0 aliphatic rings. The van der Waals surface area contributed by atoms with Gasteiger partial charge in [-0.25, -0.2) is 4.79 Å². The van der Waals surface area contributed by atoms with Gasteiger partial charge in [-0.3, -0.25) is 4.79 Å². The van der Waals surface area contributed by atoms with Crippen molar-refractivity contribution >= 4 is 52.4 Å². The van der Waals surface area contributed by atoms with E-state index < -0.39 is 21.8 Å². The third-order valence-corrected chi connectivity index (χ3v) is 4.77. The Morgan fingerprint density at radius 1 is 1.00 bits per heavy atom. The number of carbonyl (C=O) groups excluding carboxylic acids is 2. The SMILES string of the molecule is CCCCOC(=O)c1ccc(N[C@@H](NC(=O)c2ccc(OC)cc2)C(Cl)(Cl)Cl)cc1. The molecule has 0 saturated heterocycles. The standard InChI is InChI=1S/C21H23Cl3N2O4/c1-3-4-13-30-19(28)15-5-9-16(10-6-15)25-20(21(22,23)24)26-18(27)14-7-11-17(29-2)12-8-14/h5-12,20,25H,3-4,13H2,1-2H3,(H,26,27)/t20-/m0/s1. The molecule has 0 aliphatic carbocycles. The summed E-state index contributed by atoms with van der Waals surface area (Å²) in [6.07, 6.45) is 0.723. The van der Waals surface area contributed by atoms with E-state index in [-0.39, 0.29) is 0 Å². The Hall–Kier alpha value is -2.15. The van der Waals surface area contributed by atoms with E-state index in [2.05, 4.69) is 10.6 Å². The van der Waals surface area contributed by atoms with Crippen molar-refractivity contribution in [3.05, 3.63) is 59.7 Å². The van der Waals surface area contributed by atoms with Gasteiger partial charge in [0.1, 0.15) is 11.9 Å². The number of alkyl halides is 3. The molecular formula is C21H23Cl3N2O4. The fraction of sp³-hybridized carbons (Fsp3) is 0.333. The second-order valence-electron chi connectivity index (χ2n) is 6.39. The van der Waals surface area contributed by atoms with Gasteiger partial charge < -0.3 is 20.1 Å². The highest BCUT2D eigenvalue weighted by molar-refractivity contribution is 6.68. The maximum absolute atomic E-state index is 12.5. The predicted octanol–water partition coefficient (Wildman–Crippen LogP) is 5.19. The first-order valence-electron chi connectivity index (χ1n) is 9.30. The van der Waals surface area contributed by atoms with E-state index in [1.165, 1.54) is 7.11 Å². The van der Waals surface area contributed by atoms with E-state index in [9.17, 15) is 9.59 Å². The fourth-order valence-electron chi connectivity index (χ4n) is 2.42. The van der Waals surface area contributed by atoms with Crippen LogP contribution in [0.15, 0.2) is 48.5 Å². The average Bonchev–Trinajstić information content (AvgIpc) is 2.73. The lowest BCUT2D eigenvalue weighted by Crippen LogP contribution is -2.49. The lowest BCUT2D eigenvalue weighted by molar-refractivity contribution is 0.0499. The minimum atomic E-state index is -1.83. The van der Waals surface area contributed by atoms with Gasteiger partial charge in [-0.05, 0) is 55.0 Å². The number of hydrogen-bond donors (Lipinski definition) is 2. The Morgan fingerprint density at radius 3 is 2.13 bits per heavy atom. The van der Waals surface area contributed by atoms with Crippen LogP contribution in [0.1, 0.15) is 40.5 Å².